The number of rotatable bonds is 3. The normalized spacial score (nSPS) is 10.2. The molecule has 0 bridgehead atoms. The highest BCUT2D eigenvalue weighted by Gasteiger charge is 2.18. The van der Waals surface area contributed by atoms with Crippen LogP contribution in [0.3, 0.4) is 0 Å². The predicted octanol–water partition coefficient (Wildman–Crippen LogP) is 5.50. The number of methoxy groups -OCH3 is 1. The maximum atomic E-state index is 12.4. The van der Waals surface area contributed by atoms with E-state index in [1.54, 1.807) is 0 Å². The molecule has 0 aromatic heterocycles. The monoisotopic (exact) mass is 558 g/mol. The lowest BCUT2D eigenvalue weighted by Gasteiger charge is -2.14. The van der Waals surface area contributed by atoms with Crippen LogP contribution in [0.15, 0.2) is 34.8 Å². The summed E-state index contributed by atoms with van der Waals surface area (Å²) in [6.45, 7) is 0. The van der Waals surface area contributed by atoms with Crippen LogP contribution in [-0.4, -0.2) is 18.1 Å². The van der Waals surface area contributed by atoms with Crippen LogP contribution >= 0.6 is 73.9 Å². The Labute approximate surface area is 176 Å². The first-order valence-corrected chi connectivity index (χ1v) is 9.46. The number of ether oxygens (including phenoxy) is 1. The van der Waals surface area contributed by atoms with Gasteiger partial charge >= 0.3 is 0 Å². The van der Waals surface area contributed by atoms with E-state index in [4.69, 9.17) is 40.2 Å². The Bertz CT molecular complexity index is 820. The number of halogens is 4. The molecule has 0 aliphatic heterocycles. The van der Waals surface area contributed by atoms with Crippen molar-refractivity contribution < 1.29 is 9.53 Å². The van der Waals surface area contributed by atoms with Gasteiger partial charge in [-0.3, -0.25) is 10.1 Å². The lowest BCUT2D eigenvalue weighted by atomic mass is 10.2. The molecule has 0 unspecified atom stereocenters. The van der Waals surface area contributed by atoms with Crippen molar-refractivity contribution in [2.45, 2.75) is 0 Å². The minimum Gasteiger partial charge on any atom is -0.494 e. The minimum absolute atomic E-state index is 0.151. The largest absolute Gasteiger partial charge is 0.494 e. The van der Waals surface area contributed by atoms with Gasteiger partial charge in [0.1, 0.15) is 5.75 Å². The van der Waals surface area contributed by atoms with Gasteiger partial charge in [-0.1, -0.05) is 39.1 Å². The van der Waals surface area contributed by atoms with Crippen LogP contribution in [0.4, 0.5) is 5.69 Å². The Balaban J connectivity index is 2.16. The molecule has 0 aliphatic carbocycles. The van der Waals surface area contributed by atoms with E-state index in [9.17, 15) is 4.79 Å². The lowest BCUT2D eigenvalue weighted by Crippen LogP contribution is -2.34. The van der Waals surface area contributed by atoms with Gasteiger partial charge in [0.05, 0.1) is 23.4 Å². The van der Waals surface area contributed by atoms with E-state index < -0.39 is 5.91 Å². The molecule has 0 atom stereocenters. The molecular formula is C15H10BrCl2IN2O2S. The summed E-state index contributed by atoms with van der Waals surface area (Å²) in [5.41, 5.74) is 0.977. The second-order valence-electron chi connectivity index (χ2n) is 4.50. The second-order valence-corrected chi connectivity index (χ2v) is 7.83. The lowest BCUT2D eigenvalue weighted by molar-refractivity contribution is 0.0975. The van der Waals surface area contributed by atoms with Crippen molar-refractivity contribution in [1.82, 2.24) is 5.32 Å². The van der Waals surface area contributed by atoms with Gasteiger partial charge in [-0.25, -0.2) is 0 Å². The van der Waals surface area contributed by atoms with E-state index in [1.165, 1.54) is 19.2 Å². The van der Waals surface area contributed by atoms with Gasteiger partial charge < -0.3 is 10.1 Å². The molecule has 0 fully saturated rings. The molecule has 0 saturated heterocycles. The third kappa shape index (κ3) is 4.95. The van der Waals surface area contributed by atoms with E-state index in [0.29, 0.717) is 5.02 Å². The maximum Gasteiger partial charge on any atom is 0.261 e. The van der Waals surface area contributed by atoms with Gasteiger partial charge in [-0.15, -0.1) is 0 Å². The molecular weight excluding hydrogens is 550 g/mol. The zero-order valence-electron chi connectivity index (χ0n) is 12.1. The second kappa shape index (κ2) is 8.66. The Kier molecular flexibility index (Phi) is 7.11. The van der Waals surface area contributed by atoms with Gasteiger partial charge in [0.15, 0.2) is 5.11 Å². The molecule has 24 heavy (non-hydrogen) atoms. The third-order valence-corrected chi connectivity index (χ3v) is 4.95. The van der Waals surface area contributed by atoms with Gasteiger partial charge in [0, 0.05) is 13.1 Å². The van der Waals surface area contributed by atoms with Gasteiger partial charge in [0.2, 0.25) is 0 Å². The van der Waals surface area contributed by atoms with Crippen molar-refractivity contribution in [3.05, 3.63) is 54.0 Å². The molecule has 2 aromatic rings. The number of hydrogen-bond acceptors (Lipinski definition) is 3. The summed E-state index contributed by atoms with van der Waals surface area (Å²) in [5, 5.41) is 6.28. The summed E-state index contributed by atoms with van der Waals surface area (Å²) >= 11 is 22.7. The van der Waals surface area contributed by atoms with Crippen molar-refractivity contribution in [2.24, 2.45) is 0 Å². The highest BCUT2D eigenvalue weighted by Crippen LogP contribution is 2.32. The first kappa shape index (κ1) is 19.7. The fraction of sp³-hybridized carbons (Fsp3) is 0.0667. The molecule has 126 valence electrons. The molecule has 2 rings (SSSR count). The number of carbonyl (C=O) groups excluding carboxylic acids is 1. The summed E-state index contributed by atoms with van der Waals surface area (Å²) in [6, 6.07) is 8.61. The highest BCUT2D eigenvalue weighted by molar-refractivity contribution is 14.1. The molecule has 1 amide bonds. The van der Waals surface area contributed by atoms with Crippen LogP contribution in [0.2, 0.25) is 10.0 Å². The van der Waals surface area contributed by atoms with Gasteiger partial charge in [-0.2, -0.15) is 0 Å². The first-order valence-electron chi connectivity index (χ1n) is 6.42. The average Bonchev–Trinajstić information content (AvgIpc) is 2.49. The van der Waals surface area contributed by atoms with Crippen molar-refractivity contribution >= 4 is 90.6 Å². The fourth-order valence-corrected chi connectivity index (χ4v) is 4.06. The molecule has 9 heteroatoms. The Morgan fingerprint density at radius 1 is 1.29 bits per heavy atom. The van der Waals surface area contributed by atoms with E-state index in [1.807, 2.05) is 18.2 Å². The Morgan fingerprint density at radius 2 is 2.00 bits per heavy atom. The minimum atomic E-state index is -0.471. The molecule has 0 saturated carbocycles. The van der Waals surface area contributed by atoms with Crippen LogP contribution < -0.4 is 15.4 Å². The number of hydrogen-bond donors (Lipinski definition) is 2. The van der Waals surface area contributed by atoms with E-state index in [2.05, 4.69) is 49.2 Å². The third-order valence-electron chi connectivity index (χ3n) is 2.86. The van der Waals surface area contributed by atoms with Crippen LogP contribution in [-0.2, 0) is 0 Å². The fourth-order valence-electron chi connectivity index (χ4n) is 1.85. The standard InChI is InChI=1S/C15H10BrCl2IN2O2S/c1-23-13-9(5-8(17)6-10(13)18)14(22)21-15(24)20-12-3-2-7(16)4-11(12)19/h2-6H,1H3,(H2,20,21,22,24). The van der Waals surface area contributed by atoms with E-state index in [0.717, 1.165) is 13.7 Å². The number of benzene rings is 2. The first-order chi connectivity index (χ1) is 11.3. The molecule has 2 N–H and O–H groups in total. The topological polar surface area (TPSA) is 50.4 Å². The van der Waals surface area contributed by atoms with Gasteiger partial charge in [-0.05, 0) is 65.1 Å². The van der Waals surface area contributed by atoms with Crippen LogP contribution in [0, 0.1) is 3.57 Å². The number of nitrogens with one attached hydrogen (secondary N) is 2. The maximum absolute atomic E-state index is 12.4. The molecule has 2 aromatic carbocycles. The van der Waals surface area contributed by atoms with Gasteiger partial charge in [0.25, 0.3) is 5.91 Å². The number of thiocarbonyl (C=S) groups is 1. The molecule has 0 radical (unpaired) electrons. The van der Waals surface area contributed by atoms with Crippen LogP contribution in [0.25, 0.3) is 0 Å². The molecule has 0 aliphatic rings. The zero-order chi connectivity index (χ0) is 17.9. The van der Waals surface area contributed by atoms with Crippen molar-refractivity contribution in [1.29, 1.82) is 0 Å². The summed E-state index contributed by atoms with van der Waals surface area (Å²) in [5.74, 6) is -0.236. The summed E-state index contributed by atoms with van der Waals surface area (Å²) < 4.78 is 7.06. The van der Waals surface area contributed by atoms with E-state index in [-0.39, 0.29) is 21.4 Å². The SMILES string of the molecule is COc1c(Cl)cc(Cl)cc1C(=O)NC(=S)Nc1ccc(Br)cc1I. The Hall–Kier alpha value is -0.610. The molecule has 4 nitrogen and oxygen atoms in total. The highest BCUT2D eigenvalue weighted by atomic mass is 127. The average molecular weight is 560 g/mol. The summed E-state index contributed by atoms with van der Waals surface area (Å²) in [6.07, 6.45) is 0. The predicted molar refractivity (Wildman–Crippen MR) is 114 cm³/mol. The number of carbonyl (C=O) groups is 1. The van der Waals surface area contributed by atoms with Crippen LogP contribution in [0.1, 0.15) is 10.4 Å². The van der Waals surface area contributed by atoms with Crippen molar-refractivity contribution in [3.8, 4) is 5.75 Å². The smallest absolute Gasteiger partial charge is 0.261 e. The van der Waals surface area contributed by atoms with E-state index >= 15 is 0 Å². The van der Waals surface area contributed by atoms with Crippen molar-refractivity contribution in [2.75, 3.05) is 12.4 Å². The number of anilines is 1. The number of amides is 1. The summed E-state index contributed by atoms with van der Waals surface area (Å²) in [7, 11) is 1.42. The Morgan fingerprint density at radius 3 is 2.62 bits per heavy atom. The molecule has 0 spiro atoms. The van der Waals surface area contributed by atoms with Crippen molar-refractivity contribution in [3.63, 3.8) is 0 Å². The summed E-state index contributed by atoms with van der Waals surface area (Å²) in [4.78, 5) is 12.4. The van der Waals surface area contributed by atoms with Crippen LogP contribution in [0.5, 0.6) is 5.75 Å². The molecule has 0 heterocycles. The quantitative estimate of drug-likeness (QED) is 0.385. The zero-order valence-corrected chi connectivity index (χ0v) is 18.2.